The van der Waals surface area contributed by atoms with Gasteiger partial charge in [0.05, 0.1) is 5.56 Å². The van der Waals surface area contributed by atoms with E-state index in [1.807, 2.05) is 36.6 Å². The van der Waals surface area contributed by atoms with Gasteiger partial charge in [0.2, 0.25) is 0 Å². The minimum Gasteiger partial charge on any atom is -0.486 e. The van der Waals surface area contributed by atoms with Gasteiger partial charge in [-0.2, -0.15) is 0 Å². The Hall–Kier alpha value is -2.67. The van der Waals surface area contributed by atoms with Gasteiger partial charge >= 0.3 is 5.97 Å². The lowest BCUT2D eigenvalue weighted by atomic mass is 10.2. The van der Waals surface area contributed by atoms with Crippen molar-refractivity contribution in [3.8, 4) is 11.5 Å². The van der Waals surface area contributed by atoms with Crippen LogP contribution in [-0.2, 0) is 16.1 Å². The van der Waals surface area contributed by atoms with Crippen molar-refractivity contribution in [1.82, 2.24) is 4.90 Å². The van der Waals surface area contributed by atoms with Gasteiger partial charge in [-0.1, -0.05) is 6.07 Å². The van der Waals surface area contributed by atoms with Crippen LogP contribution in [0.25, 0.3) is 0 Å². The molecule has 27 heavy (non-hydrogen) atoms. The maximum Gasteiger partial charge on any atom is 0.338 e. The molecule has 2 aromatic rings. The van der Waals surface area contributed by atoms with Crippen LogP contribution in [0, 0.1) is 0 Å². The minimum absolute atomic E-state index is 0.279. The van der Waals surface area contributed by atoms with Crippen LogP contribution >= 0.6 is 11.8 Å². The lowest BCUT2D eigenvalue weighted by Gasteiger charge is -2.21. The van der Waals surface area contributed by atoms with Crippen LogP contribution in [0.1, 0.15) is 15.9 Å². The Labute approximate surface area is 162 Å². The summed E-state index contributed by atoms with van der Waals surface area (Å²) in [5, 5.41) is 0. The highest BCUT2D eigenvalue weighted by Crippen LogP contribution is 2.31. The number of fused-ring (bicyclic) bond motifs is 1. The Morgan fingerprint density at radius 3 is 2.48 bits per heavy atom. The summed E-state index contributed by atoms with van der Waals surface area (Å²) in [7, 11) is 1.67. The van der Waals surface area contributed by atoms with Crippen LogP contribution < -0.4 is 9.47 Å². The molecule has 0 N–H and O–H groups in total. The van der Waals surface area contributed by atoms with Crippen molar-refractivity contribution in [3.05, 3.63) is 53.6 Å². The smallest absolute Gasteiger partial charge is 0.338 e. The molecule has 0 aromatic heterocycles. The highest BCUT2D eigenvalue weighted by molar-refractivity contribution is 7.98. The topological polar surface area (TPSA) is 65.1 Å². The summed E-state index contributed by atoms with van der Waals surface area (Å²) in [5.41, 5.74) is 1.34. The summed E-state index contributed by atoms with van der Waals surface area (Å²) < 4.78 is 16.2. The Balaban J connectivity index is 1.52. The number of esters is 1. The van der Waals surface area contributed by atoms with E-state index in [-0.39, 0.29) is 12.5 Å². The van der Waals surface area contributed by atoms with Gasteiger partial charge in [0, 0.05) is 18.5 Å². The van der Waals surface area contributed by atoms with Crippen molar-refractivity contribution in [2.75, 3.05) is 33.1 Å². The van der Waals surface area contributed by atoms with E-state index in [1.54, 1.807) is 30.9 Å². The zero-order chi connectivity index (χ0) is 19.2. The fraction of sp³-hybridized carbons (Fsp3) is 0.300. The van der Waals surface area contributed by atoms with Crippen LogP contribution in [0.4, 0.5) is 0 Å². The maximum absolute atomic E-state index is 12.3. The first-order valence-electron chi connectivity index (χ1n) is 8.50. The first-order chi connectivity index (χ1) is 13.1. The van der Waals surface area contributed by atoms with Gasteiger partial charge in [-0.05, 0) is 48.2 Å². The molecule has 0 bridgehead atoms. The van der Waals surface area contributed by atoms with E-state index in [0.29, 0.717) is 36.8 Å². The molecule has 1 aliphatic heterocycles. The van der Waals surface area contributed by atoms with E-state index < -0.39 is 5.97 Å². The Kier molecular flexibility index (Phi) is 6.24. The number of thioether (sulfide) groups is 1. The number of nitrogens with zero attached hydrogens (tertiary/aromatic N) is 1. The molecule has 7 heteroatoms. The lowest BCUT2D eigenvalue weighted by Crippen LogP contribution is -2.30. The van der Waals surface area contributed by atoms with Crippen molar-refractivity contribution in [2.45, 2.75) is 11.4 Å². The van der Waals surface area contributed by atoms with Gasteiger partial charge < -0.3 is 19.1 Å². The molecular formula is C20H21NO5S. The van der Waals surface area contributed by atoms with E-state index in [4.69, 9.17) is 14.2 Å². The van der Waals surface area contributed by atoms with Crippen molar-refractivity contribution in [1.29, 1.82) is 0 Å². The number of hydrogen-bond donors (Lipinski definition) is 0. The number of carbonyl (C=O) groups excluding carboxylic acids is 2. The number of benzene rings is 2. The van der Waals surface area contributed by atoms with Crippen LogP contribution in [0.15, 0.2) is 47.4 Å². The summed E-state index contributed by atoms with van der Waals surface area (Å²) >= 11 is 1.59. The molecule has 0 saturated carbocycles. The molecule has 0 radical (unpaired) electrons. The van der Waals surface area contributed by atoms with Gasteiger partial charge in [0.1, 0.15) is 13.2 Å². The summed E-state index contributed by atoms with van der Waals surface area (Å²) in [6, 6.07) is 12.7. The van der Waals surface area contributed by atoms with E-state index in [0.717, 1.165) is 10.5 Å². The molecule has 0 unspecified atom stereocenters. The molecule has 6 nitrogen and oxygen atoms in total. The number of hydrogen-bond acceptors (Lipinski definition) is 6. The average molecular weight is 387 g/mol. The van der Waals surface area contributed by atoms with Gasteiger partial charge in [-0.15, -0.1) is 11.8 Å². The Bertz CT molecular complexity index is 822. The number of ether oxygens (including phenoxy) is 3. The minimum atomic E-state index is -0.510. The molecule has 142 valence electrons. The molecule has 1 aliphatic rings. The molecule has 0 fully saturated rings. The second-order valence-corrected chi connectivity index (χ2v) is 6.91. The largest absolute Gasteiger partial charge is 0.486 e. The predicted molar refractivity (Wildman–Crippen MR) is 102 cm³/mol. The van der Waals surface area contributed by atoms with E-state index in [9.17, 15) is 9.59 Å². The summed E-state index contributed by atoms with van der Waals surface area (Å²) in [5.74, 6) is 0.600. The standard InChI is InChI=1S/C20H21NO5S/c1-21(12-14-3-8-17-18(11-14)25-10-9-24-17)19(22)13-26-20(23)15-4-6-16(27-2)7-5-15/h3-8,11H,9-10,12-13H2,1-2H3. The highest BCUT2D eigenvalue weighted by atomic mass is 32.2. The van der Waals surface area contributed by atoms with E-state index >= 15 is 0 Å². The van der Waals surface area contributed by atoms with Crippen molar-refractivity contribution in [3.63, 3.8) is 0 Å². The Morgan fingerprint density at radius 1 is 1.07 bits per heavy atom. The molecule has 1 amide bonds. The second kappa shape index (κ2) is 8.81. The van der Waals surface area contributed by atoms with Gasteiger partial charge in [0.25, 0.3) is 5.91 Å². The molecule has 2 aromatic carbocycles. The molecule has 0 saturated heterocycles. The highest BCUT2D eigenvalue weighted by Gasteiger charge is 2.16. The number of amides is 1. The first kappa shape index (κ1) is 19.1. The fourth-order valence-electron chi connectivity index (χ4n) is 2.60. The average Bonchev–Trinajstić information content (AvgIpc) is 2.71. The van der Waals surface area contributed by atoms with Gasteiger partial charge in [-0.3, -0.25) is 4.79 Å². The number of rotatable bonds is 6. The van der Waals surface area contributed by atoms with Gasteiger partial charge in [0.15, 0.2) is 18.1 Å². The third-order valence-electron chi connectivity index (χ3n) is 4.10. The summed E-state index contributed by atoms with van der Waals surface area (Å²) in [6.45, 7) is 1.13. The molecule has 0 spiro atoms. The van der Waals surface area contributed by atoms with Crippen LogP contribution in [0.2, 0.25) is 0 Å². The monoisotopic (exact) mass is 387 g/mol. The second-order valence-electron chi connectivity index (χ2n) is 6.03. The zero-order valence-corrected chi connectivity index (χ0v) is 16.1. The first-order valence-corrected chi connectivity index (χ1v) is 9.73. The SMILES string of the molecule is CSc1ccc(C(=O)OCC(=O)N(C)Cc2ccc3c(c2)OCCO3)cc1. The van der Waals surface area contributed by atoms with E-state index in [2.05, 4.69) is 0 Å². The molecule has 1 heterocycles. The maximum atomic E-state index is 12.3. The Morgan fingerprint density at radius 2 is 1.78 bits per heavy atom. The van der Waals surface area contributed by atoms with Crippen LogP contribution in [0.3, 0.4) is 0 Å². The molecule has 3 rings (SSSR count). The molecule has 0 atom stereocenters. The third-order valence-corrected chi connectivity index (χ3v) is 4.85. The lowest BCUT2D eigenvalue weighted by molar-refractivity contribution is -0.133. The zero-order valence-electron chi connectivity index (χ0n) is 15.3. The number of carbonyl (C=O) groups is 2. The number of likely N-dealkylation sites (N-methyl/N-ethyl adjacent to an activating group) is 1. The van der Waals surface area contributed by atoms with Gasteiger partial charge in [-0.25, -0.2) is 4.79 Å². The van der Waals surface area contributed by atoms with Crippen LogP contribution in [-0.4, -0.2) is 49.9 Å². The van der Waals surface area contributed by atoms with Crippen LogP contribution in [0.5, 0.6) is 11.5 Å². The molecule has 0 aliphatic carbocycles. The quantitative estimate of drug-likeness (QED) is 0.561. The predicted octanol–water partition coefficient (Wildman–Crippen LogP) is 3.00. The molecular weight excluding hydrogens is 366 g/mol. The fourth-order valence-corrected chi connectivity index (χ4v) is 3.00. The summed E-state index contributed by atoms with van der Waals surface area (Å²) in [6.07, 6.45) is 1.96. The normalized spacial score (nSPS) is 12.4. The summed E-state index contributed by atoms with van der Waals surface area (Å²) in [4.78, 5) is 26.9. The van der Waals surface area contributed by atoms with Crippen molar-refractivity contribution in [2.24, 2.45) is 0 Å². The van der Waals surface area contributed by atoms with Crippen molar-refractivity contribution >= 4 is 23.6 Å². The third kappa shape index (κ3) is 4.95. The van der Waals surface area contributed by atoms with E-state index in [1.165, 1.54) is 4.90 Å². The van der Waals surface area contributed by atoms with Crippen molar-refractivity contribution < 1.29 is 23.8 Å².